The molecular weight excluding hydrogens is 871 g/mol. The van der Waals surface area contributed by atoms with E-state index in [4.69, 9.17) is 15.2 Å². The molecule has 65 heavy (non-hydrogen) atoms. The number of nitrogens with one attached hydrogen (secondary N) is 3. The number of ether oxygens (including phenoxy) is 2. The van der Waals surface area contributed by atoms with Crippen LogP contribution in [0.3, 0.4) is 0 Å². The van der Waals surface area contributed by atoms with Crippen LogP contribution in [0.2, 0.25) is 0 Å². The Morgan fingerprint density at radius 3 is 1.22 bits per heavy atom. The molecule has 0 aliphatic carbocycles. The summed E-state index contributed by atoms with van der Waals surface area (Å²) >= 11 is 0. The Hall–Kier alpha value is -1.48. The summed E-state index contributed by atoms with van der Waals surface area (Å²) in [5.74, 6) is 1.41. The van der Waals surface area contributed by atoms with Gasteiger partial charge >= 0.3 is 0 Å². The standard InChI is InChI=1S/C55H102N4O3.3ClH/c1-3-5-7-9-11-13-15-17-19-21-23-25-27-29-31-39-49-61-53-42-41-52(55(60)59-48-38-37-47-58-46-36-35-45-57-44-34-33-43-56)51-54(53)62-50-40-32-30-28-26-24-22-20-18-16-14-12-10-8-6-4-2;;;/h17-20,41-42,51,57-58H,3-16,21-40,43-50,56H2,1-2H3,(H,59,60);3*1H/b19-17-,20-18-;;;. The van der Waals surface area contributed by atoms with Crippen LogP contribution in [0.25, 0.3) is 0 Å². The summed E-state index contributed by atoms with van der Waals surface area (Å²) in [4.78, 5) is 13.1. The van der Waals surface area contributed by atoms with Gasteiger partial charge < -0.3 is 31.2 Å². The van der Waals surface area contributed by atoms with E-state index < -0.39 is 0 Å². The first-order valence-corrected chi connectivity index (χ1v) is 26.8. The molecule has 5 N–H and O–H groups in total. The van der Waals surface area contributed by atoms with Gasteiger partial charge in [0, 0.05) is 12.1 Å². The maximum atomic E-state index is 13.1. The molecule has 0 bridgehead atoms. The number of nitrogens with two attached hydrogens (primary N) is 1. The zero-order chi connectivity index (χ0) is 44.5. The van der Waals surface area contributed by atoms with E-state index in [1.54, 1.807) is 0 Å². The number of rotatable bonds is 49. The first-order valence-electron chi connectivity index (χ1n) is 26.8. The third kappa shape index (κ3) is 47.4. The molecule has 1 aromatic rings. The van der Waals surface area contributed by atoms with E-state index in [2.05, 4.69) is 54.1 Å². The second-order valence-corrected chi connectivity index (χ2v) is 17.9. The molecule has 1 aromatic carbocycles. The van der Waals surface area contributed by atoms with Gasteiger partial charge in [0.2, 0.25) is 0 Å². The molecule has 384 valence electrons. The predicted octanol–water partition coefficient (Wildman–Crippen LogP) is 16.0. The van der Waals surface area contributed by atoms with Crippen molar-refractivity contribution >= 4 is 43.1 Å². The predicted molar refractivity (Wildman–Crippen MR) is 293 cm³/mol. The lowest BCUT2D eigenvalue weighted by molar-refractivity contribution is 0.0952. The van der Waals surface area contributed by atoms with Gasteiger partial charge in [-0.15, -0.1) is 37.2 Å². The summed E-state index contributed by atoms with van der Waals surface area (Å²) in [6.07, 6.45) is 52.4. The first-order chi connectivity index (χ1) is 30.7. The van der Waals surface area contributed by atoms with Crippen molar-refractivity contribution in [2.24, 2.45) is 5.73 Å². The van der Waals surface area contributed by atoms with E-state index in [0.29, 0.717) is 31.1 Å². The average molecular weight is 977 g/mol. The molecule has 0 aliphatic rings. The molecule has 0 atom stereocenters. The number of carbonyl (C=O) groups is 1. The van der Waals surface area contributed by atoms with Crippen molar-refractivity contribution in [2.75, 3.05) is 52.5 Å². The maximum Gasteiger partial charge on any atom is 0.251 e. The Kier molecular flexibility index (Phi) is 59.3. The summed E-state index contributed by atoms with van der Waals surface area (Å²) < 4.78 is 12.6. The highest BCUT2D eigenvalue weighted by Crippen LogP contribution is 2.29. The Morgan fingerprint density at radius 1 is 0.446 bits per heavy atom. The van der Waals surface area contributed by atoms with Crippen LogP contribution < -0.4 is 31.2 Å². The number of hydrogen-bond acceptors (Lipinski definition) is 6. The fourth-order valence-corrected chi connectivity index (χ4v) is 7.77. The van der Waals surface area contributed by atoms with Crippen molar-refractivity contribution in [3.63, 3.8) is 0 Å². The van der Waals surface area contributed by atoms with Gasteiger partial charge in [-0.3, -0.25) is 4.79 Å². The number of amides is 1. The van der Waals surface area contributed by atoms with E-state index in [1.165, 1.54) is 180 Å². The first kappa shape index (κ1) is 67.8. The number of allylic oxidation sites excluding steroid dienone is 4. The molecule has 0 spiro atoms. The number of halogens is 3. The molecule has 0 aliphatic heterocycles. The number of unbranched alkanes of at least 4 members (excludes halogenated alkanes) is 27. The van der Waals surface area contributed by atoms with Gasteiger partial charge in [-0.05, 0) is 154 Å². The molecular formula is C55H105Cl3N4O3. The van der Waals surface area contributed by atoms with Crippen LogP contribution in [0.15, 0.2) is 42.5 Å². The van der Waals surface area contributed by atoms with Crippen molar-refractivity contribution in [1.29, 1.82) is 0 Å². The SMILES string of the molecule is CCCCCCCC/C=C\CCCCCCCCOc1ccc(C(=O)NCCCCNCCCCNCCCCN)cc1OCCCCCCCC/C=C\CCCCCCCC.Cl.Cl.Cl. The van der Waals surface area contributed by atoms with E-state index in [0.717, 1.165) is 77.0 Å². The second-order valence-electron chi connectivity index (χ2n) is 17.9. The summed E-state index contributed by atoms with van der Waals surface area (Å²) in [5, 5.41) is 10.2. The smallest absolute Gasteiger partial charge is 0.251 e. The number of carbonyl (C=O) groups excluding carboxylic acids is 1. The molecule has 1 amide bonds. The van der Waals surface area contributed by atoms with Crippen LogP contribution in [0.4, 0.5) is 0 Å². The Labute approximate surface area is 421 Å². The molecule has 0 fully saturated rings. The van der Waals surface area contributed by atoms with Gasteiger partial charge in [0.1, 0.15) is 0 Å². The Balaban J connectivity index is -0.0000128. The lowest BCUT2D eigenvalue weighted by atomic mass is 10.1. The van der Waals surface area contributed by atoms with Crippen molar-refractivity contribution in [1.82, 2.24) is 16.0 Å². The van der Waals surface area contributed by atoms with Gasteiger partial charge in [0.15, 0.2) is 11.5 Å². The van der Waals surface area contributed by atoms with Crippen LogP contribution in [-0.2, 0) is 0 Å². The van der Waals surface area contributed by atoms with Crippen molar-refractivity contribution in [3.05, 3.63) is 48.1 Å². The molecule has 0 heterocycles. The lowest BCUT2D eigenvalue weighted by Crippen LogP contribution is -2.25. The van der Waals surface area contributed by atoms with Gasteiger partial charge in [0.25, 0.3) is 5.91 Å². The van der Waals surface area contributed by atoms with E-state index >= 15 is 0 Å². The fourth-order valence-electron chi connectivity index (χ4n) is 7.77. The molecule has 7 nitrogen and oxygen atoms in total. The Bertz CT molecular complexity index is 1160. The molecule has 0 saturated heterocycles. The largest absolute Gasteiger partial charge is 0.490 e. The molecule has 0 unspecified atom stereocenters. The van der Waals surface area contributed by atoms with E-state index in [-0.39, 0.29) is 43.1 Å². The fraction of sp³-hybridized carbons (Fsp3) is 0.800. The van der Waals surface area contributed by atoms with Crippen LogP contribution in [-0.4, -0.2) is 58.4 Å². The quantitative estimate of drug-likeness (QED) is 0.0384. The summed E-state index contributed by atoms with van der Waals surface area (Å²) in [7, 11) is 0. The van der Waals surface area contributed by atoms with Crippen molar-refractivity contribution in [3.8, 4) is 11.5 Å². The summed E-state index contributed by atoms with van der Waals surface area (Å²) in [6.45, 7) is 11.5. The Morgan fingerprint density at radius 2 is 0.800 bits per heavy atom. The molecule has 0 saturated carbocycles. The third-order valence-corrected chi connectivity index (χ3v) is 11.9. The van der Waals surface area contributed by atoms with Crippen LogP contribution in [0.1, 0.15) is 243 Å². The minimum Gasteiger partial charge on any atom is -0.490 e. The number of hydrogen-bond donors (Lipinski definition) is 4. The molecule has 1 rings (SSSR count). The zero-order valence-corrected chi connectivity index (χ0v) is 44.7. The molecule has 0 radical (unpaired) electrons. The van der Waals surface area contributed by atoms with Gasteiger partial charge in [-0.2, -0.15) is 0 Å². The summed E-state index contributed by atoms with van der Waals surface area (Å²) in [6, 6.07) is 5.71. The second kappa shape index (κ2) is 56.8. The zero-order valence-electron chi connectivity index (χ0n) is 42.3. The van der Waals surface area contributed by atoms with Gasteiger partial charge in [-0.25, -0.2) is 0 Å². The highest BCUT2D eigenvalue weighted by molar-refractivity contribution is 5.94. The molecule has 0 aromatic heterocycles. The van der Waals surface area contributed by atoms with Crippen LogP contribution in [0, 0.1) is 0 Å². The third-order valence-electron chi connectivity index (χ3n) is 11.9. The summed E-state index contributed by atoms with van der Waals surface area (Å²) in [5.41, 5.74) is 6.20. The minimum absolute atomic E-state index is 0. The van der Waals surface area contributed by atoms with E-state index in [1.807, 2.05) is 18.2 Å². The highest BCUT2D eigenvalue weighted by atomic mass is 35.5. The lowest BCUT2D eigenvalue weighted by Gasteiger charge is -2.15. The van der Waals surface area contributed by atoms with Crippen molar-refractivity contribution in [2.45, 2.75) is 232 Å². The monoisotopic (exact) mass is 975 g/mol. The normalized spacial score (nSPS) is 11.1. The maximum absolute atomic E-state index is 13.1. The van der Waals surface area contributed by atoms with Gasteiger partial charge in [0.05, 0.1) is 13.2 Å². The topological polar surface area (TPSA) is 97.6 Å². The van der Waals surface area contributed by atoms with Crippen molar-refractivity contribution < 1.29 is 14.3 Å². The van der Waals surface area contributed by atoms with Crippen LogP contribution in [0.5, 0.6) is 11.5 Å². The average Bonchev–Trinajstić information content (AvgIpc) is 3.28. The van der Waals surface area contributed by atoms with E-state index in [9.17, 15) is 4.79 Å². The minimum atomic E-state index is -0.0427. The van der Waals surface area contributed by atoms with Gasteiger partial charge in [-0.1, -0.05) is 154 Å². The van der Waals surface area contributed by atoms with Crippen LogP contribution >= 0.6 is 37.2 Å². The highest BCUT2D eigenvalue weighted by Gasteiger charge is 2.12. The molecule has 10 heteroatoms. The number of benzene rings is 1.